The van der Waals surface area contributed by atoms with Crippen molar-refractivity contribution >= 4 is 41.9 Å². The first kappa shape index (κ1) is 15.2. The van der Waals surface area contributed by atoms with Crippen molar-refractivity contribution in [3.05, 3.63) is 63.0 Å². The minimum absolute atomic E-state index is 0.0247. The van der Waals surface area contributed by atoms with E-state index in [-0.39, 0.29) is 16.9 Å². The maximum Gasteiger partial charge on any atom is 0.242 e. The van der Waals surface area contributed by atoms with E-state index >= 15 is 0 Å². The first-order valence-corrected chi connectivity index (χ1v) is 9.56. The smallest absolute Gasteiger partial charge is 0.207 e. The third kappa shape index (κ3) is 3.39. The zero-order valence-corrected chi connectivity index (χ0v) is 14.9. The topological polar surface area (TPSA) is 46.2 Å². The van der Waals surface area contributed by atoms with Gasteiger partial charge in [-0.15, -0.1) is 0 Å². The number of benzene rings is 2. The Balaban J connectivity index is 1.78. The fourth-order valence-corrected chi connectivity index (χ4v) is 5.13. The number of sulfonamides is 1. The van der Waals surface area contributed by atoms with Crippen LogP contribution in [0.2, 0.25) is 0 Å². The van der Waals surface area contributed by atoms with E-state index in [4.69, 9.17) is 0 Å². The summed E-state index contributed by atoms with van der Waals surface area (Å²) in [4.78, 5) is 0.260. The molecule has 110 valence electrons. The molecule has 0 aliphatic heterocycles. The summed E-state index contributed by atoms with van der Waals surface area (Å²) in [6.45, 7) is 0. The van der Waals surface area contributed by atoms with E-state index in [1.54, 1.807) is 18.2 Å². The Morgan fingerprint density at radius 3 is 2.48 bits per heavy atom. The van der Waals surface area contributed by atoms with E-state index < -0.39 is 10.0 Å². The van der Waals surface area contributed by atoms with E-state index in [0.29, 0.717) is 4.47 Å². The van der Waals surface area contributed by atoms with Crippen LogP contribution in [0.25, 0.3) is 0 Å². The number of hydrogen-bond acceptors (Lipinski definition) is 2. The lowest BCUT2D eigenvalue weighted by Crippen LogP contribution is -2.27. The van der Waals surface area contributed by atoms with E-state index in [1.807, 2.05) is 30.3 Å². The van der Waals surface area contributed by atoms with Gasteiger partial charge in [-0.05, 0) is 46.1 Å². The van der Waals surface area contributed by atoms with Crippen LogP contribution in [0.1, 0.15) is 17.9 Å². The molecule has 0 heterocycles. The normalized spacial score (nSPS) is 21.2. The average Bonchev–Trinajstić information content (AvgIpc) is 3.21. The van der Waals surface area contributed by atoms with Gasteiger partial charge >= 0.3 is 0 Å². The molecule has 0 spiro atoms. The second-order valence-corrected chi connectivity index (χ2v) is 8.51. The Kier molecular flexibility index (Phi) is 4.23. The molecule has 3 rings (SSSR count). The van der Waals surface area contributed by atoms with Gasteiger partial charge in [-0.1, -0.05) is 46.3 Å². The molecule has 1 saturated carbocycles. The molecule has 3 nitrogen and oxygen atoms in total. The number of rotatable bonds is 4. The Hall–Kier alpha value is -0.690. The van der Waals surface area contributed by atoms with Gasteiger partial charge in [0.15, 0.2) is 0 Å². The molecule has 6 heteroatoms. The number of nitrogens with one attached hydrogen (secondary N) is 1. The van der Waals surface area contributed by atoms with E-state index in [9.17, 15) is 8.42 Å². The molecule has 0 bridgehead atoms. The highest BCUT2D eigenvalue weighted by atomic mass is 79.9. The Morgan fingerprint density at radius 2 is 1.76 bits per heavy atom. The van der Waals surface area contributed by atoms with E-state index in [0.717, 1.165) is 10.9 Å². The third-order valence-electron chi connectivity index (χ3n) is 3.51. The molecule has 0 aromatic heterocycles. The van der Waals surface area contributed by atoms with Crippen LogP contribution < -0.4 is 4.72 Å². The van der Waals surface area contributed by atoms with Crippen LogP contribution in [-0.2, 0) is 10.0 Å². The van der Waals surface area contributed by atoms with Gasteiger partial charge in [0.1, 0.15) is 0 Å². The quantitative estimate of drug-likeness (QED) is 0.795. The van der Waals surface area contributed by atoms with E-state index in [1.165, 1.54) is 5.56 Å². The highest BCUT2D eigenvalue weighted by Gasteiger charge is 2.41. The van der Waals surface area contributed by atoms with Gasteiger partial charge in [-0.2, -0.15) is 0 Å². The van der Waals surface area contributed by atoms with E-state index in [2.05, 4.69) is 36.6 Å². The first-order chi connectivity index (χ1) is 9.97. The summed E-state index contributed by atoms with van der Waals surface area (Å²) in [5.41, 5.74) is 1.18. The average molecular weight is 431 g/mol. The fourth-order valence-electron chi connectivity index (χ4n) is 2.34. The molecular weight excluding hydrogens is 418 g/mol. The van der Waals surface area contributed by atoms with Crippen molar-refractivity contribution in [2.45, 2.75) is 23.3 Å². The standard InChI is InChI=1S/C15H13Br2NO2S/c16-11-6-7-13(17)15(8-11)21(19,20)18-14-9-12(14)10-4-2-1-3-5-10/h1-8,12,14,18H,9H2. The second kappa shape index (κ2) is 5.83. The minimum atomic E-state index is -3.52. The van der Waals surface area contributed by atoms with Crippen LogP contribution in [0.5, 0.6) is 0 Å². The van der Waals surface area contributed by atoms with Gasteiger partial charge in [0, 0.05) is 20.9 Å². The predicted octanol–water partition coefficient (Wildman–Crippen LogP) is 4.05. The highest BCUT2D eigenvalue weighted by molar-refractivity contribution is 9.11. The van der Waals surface area contributed by atoms with Crippen molar-refractivity contribution < 1.29 is 8.42 Å². The van der Waals surface area contributed by atoms with Gasteiger partial charge in [-0.25, -0.2) is 13.1 Å². The van der Waals surface area contributed by atoms with Crippen molar-refractivity contribution in [3.63, 3.8) is 0 Å². The molecule has 2 aromatic carbocycles. The lowest BCUT2D eigenvalue weighted by Gasteiger charge is -2.09. The molecule has 0 radical (unpaired) electrons. The largest absolute Gasteiger partial charge is 0.242 e. The van der Waals surface area contributed by atoms with Crippen molar-refractivity contribution in [1.29, 1.82) is 0 Å². The molecule has 21 heavy (non-hydrogen) atoms. The van der Waals surface area contributed by atoms with Gasteiger partial charge in [0.2, 0.25) is 10.0 Å². The van der Waals surface area contributed by atoms with Crippen LogP contribution in [0, 0.1) is 0 Å². The molecule has 1 fully saturated rings. The van der Waals surface area contributed by atoms with Crippen LogP contribution in [0.3, 0.4) is 0 Å². The Bertz CT molecular complexity index is 762. The lowest BCUT2D eigenvalue weighted by atomic mass is 10.1. The van der Waals surface area contributed by atoms with Gasteiger partial charge < -0.3 is 0 Å². The lowest BCUT2D eigenvalue weighted by molar-refractivity contribution is 0.579. The predicted molar refractivity (Wildman–Crippen MR) is 89.8 cm³/mol. The molecule has 0 amide bonds. The van der Waals surface area contributed by atoms with Crippen LogP contribution in [0.4, 0.5) is 0 Å². The van der Waals surface area contributed by atoms with Gasteiger partial charge in [0.25, 0.3) is 0 Å². The first-order valence-electron chi connectivity index (χ1n) is 6.50. The van der Waals surface area contributed by atoms with Gasteiger partial charge in [0.05, 0.1) is 4.90 Å². The molecule has 2 aromatic rings. The number of hydrogen-bond donors (Lipinski definition) is 1. The SMILES string of the molecule is O=S(=O)(NC1CC1c1ccccc1)c1cc(Br)ccc1Br. The second-order valence-electron chi connectivity index (χ2n) is 5.06. The molecule has 0 saturated heterocycles. The molecule has 2 atom stereocenters. The van der Waals surface area contributed by atoms with Crippen molar-refractivity contribution in [3.8, 4) is 0 Å². The minimum Gasteiger partial charge on any atom is -0.207 e. The fraction of sp³-hybridized carbons (Fsp3) is 0.200. The summed E-state index contributed by atoms with van der Waals surface area (Å²) >= 11 is 6.60. The van der Waals surface area contributed by atoms with Crippen molar-refractivity contribution in [2.24, 2.45) is 0 Å². The van der Waals surface area contributed by atoms with Gasteiger partial charge in [-0.3, -0.25) is 0 Å². The zero-order valence-electron chi connectivity index (χ0n) is 11.0. The summed E-state index contributed by atoms with van der Waals surface area (Å²) in [7, 11) is -3.52. The monoisotopic (exact) mass is 429 g/mol. The Labute approximate surface area is 141 Å². The number of halogens is 2. The van der Waals surface area contributed by atoms with Crippen LogP contribution in [-0.4, -0.2) is 14.5 Å². The summed E-state index contributed by atoms with van der Waals surface area (Å²) in [5, 5.41) is 0. The zero-order chi connectivity index (χ0) is 15.0. The summed E-state index contributed by atoms with van der Waals surface area (Å²) in [5.74, 6) is 0.270. The molecule has 2 unspecified atom stereocenters. The Morgan fingerprint density at radius 1 is 1.05 bits per heavy atom. The summed E-state index contributed by atoms with van der Waals surface area (Å²) in [6.07, 6.45) is 0.842. The van der Waals surface area contributed by atoms with Crippen molar-refractivity contribution in [1.82, 2.24) is 4.72 Å². The molecule has 1 aliphatic carbocycles. The maximum absolute atomic E-state index is 12.5. The van der Waals surface area contributed by atoms with Crippen molar-refractivity contribution in [2.75, 3.05) is 0 Å². The maximum atomic E-state index is 12.5. The van der Waals surface area contributed by atoms with Crippen LogP contribution in [0.15, 0.2) is 62.4 Å². The molecule has 1 N–H and O–H groups in total. The summed E-state index contributed by atoms with van der Waals surface area (Å²) < 4.78 is 29.0. The summed E-state index contributed by atoms with van der Waals surface area (Å²) in [6, 6.07) is 15.1. The molecule has 1 aliphatic rings. The van der Waals surface area contributed by atoms with Crippen LogP contribution >= 0.6 is 31.9 Å². The highest BCUT2D eigenvalue weighted by Crippen LogP contribution is 2.41. The molecular formula is C15H13Br2NO2S. The third-order valence-corrected chi connectivity index (χ3v) is 6.48.